The van der Waals surface area contributed by atoms with Gasteiger partial charge in [0.05, 0.1) is 28.7 Å². The molecular formula is C21H20N2O5S. The smallest absolute Gasteiger partial charge is 0.339 e. The molecule has 0 aliphatic carbocycles. The molecule has 1 fully saturated rings. The number of benzene rings is 2. The zero-order chi connectivity index (χ0) is 21.0. The van der Waals surface area contributed by atoms with Crippen molar-refractivity contribution in [3.05, 3.63) is 59.7 Å². The minimum atomic E-state index is -3.12. The summed E-state index contributed by atoms with van der Waals surface area (Å²) in [5.74, 6) is -1.31. The number of hydrogen-bond donors (Lipinski definition) is 1. The van der Waals surface area contributed by atoms with E-state index in [1.807, 2.05) is 0 Å². The van der Waals surface area contributed by atoms with Crippen molar-refractivity contribution in [2.24, 2.45) is 0 Å². The van der Waals surface area contributed by atoms with Gasteiger partial charge in [0.1, 0.15) is 0 Å². The summed E-state index contributed by atoms with van der Waals surface area (Å²) in [5, 5.41) is 12.0. The van der Waals surface area contributed by atoms with Crippen molar-refractivity contribution in [3.63, 3.8) is 0 Å². The molecule has 0 saturated carbocycles. The van der Waals surface area contributed by atoms with Crippen molar-refractivity contribution < 1.29 is 22.7 Å². The topological polar surface area (TPSA) is 113 Å². The molecular weight excluding hydrogens is 392 g/mol. The third kappa shape index (κ3) is 4.81. The molecule has 1 N–H and O–H groups in total. The van der Waals surface area contributed by atoms with Crippen LogP contribution in [0.4, 0.5) is 0 Å². The van der Waals surface area contributed by atoms with Gasteiger partial charge in [0.2, 0.25) is 0 Å². The molecule has 8 heteroatoms. The normalized spacial score (nSPS) is 18.4. The molecule has 2 aromatic rings. The van der Waals surface area contributed by atoms with Gasteiger partial charge in [-0.3, -0.25) is 4.79 Å². The first-order chi connectivity index (χ1) is 13.8. The fourth-order valence-corrected chi connectivity index (χ4v) is 4.89. The average molecular weight is 412 g/mol. The number of nitrogens with one attached hydrogen (secondary N) is 1. The number of amides is 1. The van der Waals surface area contributed by atoms with Crippen molar-refractivity contribution in [2.45, 2.75) is 25.5 Å². The van der Waals surface area contributed by atoms with E-state index in [9.17, 15) is 23.3 Å². The van der Waals surface area contributed by atoms with E-state index >= 15 is 0 Å². The van der Waals surface area contributed by atoms with Crippen molar-refractivity contribution in [1.82, 2.24) is 5.32 Å². The fourth-order valence-electron chi connectivity index (χ4n) is 3.22. The minimum Gasteiger partial charge on any atom is -0.449 e. The van der Waals surface area contributed by atoms with E-state index in [0.29, 0.717) is 23.1 Å². The third-order valence-corrected chi connectivity index (χ3v) is 6.48. The summed E-state index contributed by atoms with van der Waals surface area (Å²) in [4.78, 5) is 25.0. The van der Waals surface area contributed by atoms with Crippen molar-refractivity contribution in [2.75, 3.05) is 11.5 Å². The van der Waals surface area contributed by atoms with Gasteiger partial charge in [-0.05, 0) is 31.0 Å². The summed E-state index contributed by atoms with van der Waals surface area (Å²) >= 11 is 0. The Bertz CT molecular complexity index is 1090. The van der Waals surface area contributed by atoms with Crippen LogP contribution in [0.1, 0.15) is 29.3 Å². The lowest BCUT2D eigenvalue weighted by Crippen LogP contribution is -2.42. The number of hydrogen-bond acceptors (Lipinski definition) is 6. The van der Waals surface area contributed by atoms with Crippen molar-refractivity contribution >= 4 is 21.7 Å². The molecule has 0 aromatic heterocycles. The molecule has 0 bridgehead atoms. The maximum atomic E-state index is 12.7. The highest BCUT2D eigenvalue weighted by atomic mass is 32.2. The third-order valence-electron chi connectivity index (χ3n) is 4.72. The number of sulfone groups is 1. The molecule has 0 spiro atoms. The summed E-state index contributed by atoms with van der Waals surface area (Å²) in [6, 6.07) is 15.2. The van der Waals surface area contributed by atoms with Crippen LogP contribution in [-0.4, -0.2) is 43.9 Å². The molecule has 7 nitrogen and oxygen atoms in total. The first-order valence-corrected chi connectivity index (χ1v) is 10.9. The molecule has 29 heavy (non-hydrogen) atoms. The van der Waals surface area contributed by atoms with E-state index in [1.165, 1.54) is 6.92 Å². The Morgan fingerprint density at radius 1 is 1.14 bits per heavy atom. The molecule has 2 aromatic carbocycles. The van der Waals surface area contributed by atoms with Crippen LogP contribution in [0.5, 0.6) is 0 Å². The number of carbonyl (C=O) groups excluding carboxylic acids is 2. The Balaban J connectivity index is 1.74. The SMILES string of the molecule is C[C@H](OC(=O)c1ccccc1-c1ccccc1C#N)C(=O)N[C@@H]1CCS(=O)(=O)C1. The van der Waals surface area contributed by atoms with Gasteiger partial charge >= 0.3 is 5.97 Å². The Morgan fingerprint density at radius 2 is 1.79 bits per heavy atom. The van der Waals surface area contributed by atoms with Gasteiger partial charge < -0.3 is 10.1 Å². The lowest BCUT2D eigenvalue weighted by Gasteiger charge is -2.17. The van der Waals surface area contributed by atoms with Gasteiger partial charge in [-0.15, -0.1) is 0 Å². The van der Waals surface area contributed by atoms with Gasteiger partial charge in [0.25, 0.3) is 5.91 Å². The van der Waals surface area contributed by atoms with Crippen LogP contribution in [0.2, 0.25) is 0 Å². The Hall–Kier alpha value is -3.18. The number of ether oxygens (including phenoxy) is 1. The highest BCUT2D eigenvalue weighted by Gasteiger charge is 2.31. The Morgan fingerprint density at radius 3 is 2.45 bits per heavy atom. The molecule has 1 aliphatic rings. The summed E-state index contributed by atoms with van der Waals surface area (Å²) in [6.07, 6.45) is -0.743. The molecule has 3 rings (SSSR count). The highest BCUT2D eigenvalue weighted by molar-refractivity contribution is 7.91. The second-order valence-electron chi connectivity index (χ2n) is 6.86. The van der Waals surface area contributed by atoms with E-state index < -0.39 is 33.9 Å². The largest absolute Gasteiger partial charge is 0.449 e. The molecule has 1 heterocycles. The highest BCUT2D eigenvalue weighted by Crippen LogP contribution is 2.27. The fraction of sp³-hybridized carbons (Fsp3) is 0.286. The second kappa shape index (κ2) is 8.45. The van der Waals surface area contributed by atoms with Crippen LogP contribution < -0.4 is 5.32 Å². The van der Waals surface area contributed by atoms with Gasteiger partial charge in [-0.2, -0.15) is 5.26 Å². The molecule has 0 radical (unpaired) electrons. The van der Waals surface area contributed by atoms with Gasteiger partial charge in [-0.25, -0.2) is 13.2 Å². The number of rotatable bonds is 5. The van der Waals surface area contributed by atoms with Crippen molar-refractivity contribution in [1.29, 1.82) is 5.26 Å². The molecule has 1 amide bonds. The first kappa shape index (κ1) is 20.6. The number of nitriles is 1. The summed E-state index contributed by atoms with van der Waals surface area (Å²) in [7, 11) is -3.12. The van der Waals surface area contributed by atoms with E-state index in [1.54, 1.807) is 48.5 Å². The molecule has 1 aliphatic heterocycles. The lowest BCUT2D eigenvalue weighted by atomic mass is 9.96. The van der Waals surface area contributed by atoms with Crippen LogP contribution in [0.3, 0.4) is 0 Å². The predicted octanol–water partition coefficient (Wildman–Crippen LogP) is 2.07. The summed E-state index contributed by atoms with van der Waals surface area (Å²) < 4.78 is 28.4. The summed E-state index contributed by atoms with van der Waals surface area (Å²) in [5.41, 5.74) is 1.78. The minimum absolute atomic E-state index is 0.0395. The number of carbonyl (C=O) groups is 2. The number of esters is 1. The van der Waals surface area contributed by atoms with Crippen LogP contribution >= 0.6 is 0 Å². The monoisotopic (exact) mass is 412 g/mol. The van der Waals surface area contributed by atoms with Crippen LogP contribution in [0, 0.1) is 11.3 Å². The maximum absolute atomic E-state index is 12.7. The van der Waals surface area contributed by atoms with Gasteiger partial charge in [0.15, 0.2) is 15.9 Å². The quantitative estimate of drug-likeness (QED) is 0.752. The lowest BCUT2D eigenvalue weighted by molar-refractivity contribution is -0.129. The van der Waals surface area contributed by atoms with E-state index in [-0.39, 0.29) is 17.1 Å². The zero-order valence-electron chi connectivity index (χ0n) is 15.8. The Labute approximate surface area is 169 Å². The van der Waals surface area contributed by atoms with Crippen LogP contribution in [0.25, 0.3) is 11.1 Å². The Kier molecular flexibility index (Phi) is 5.99. The van der Waals surface area contributed by atoms with Crippen molar-refractivity contribution in [3.8, 4) is 17.2 Å². The molecule has 150 valence electrons. The predicted molar refractivity (Wildman–Crippen MR) is 107 cm³/mol. The van der Waals surface area contributed by atoms with E-state index in [0.717, 1.165) is 0 Å². The standard InChI is InChI=1S/C21H20N2O5S/c1-14(20(24)23-16-10-11-29(26,27)13-16)28-21(25)19-9-5-4-8-18(19)17-7-3-2-6-15(17)12-22/h2-9,14,16H,10-11,13H2,1H3,(H,23,24)/t14-,16+/m0/s1. The summed E-state index contributed by atoms with van der Waals surface area (Å²) in [6.45, 7) is 1.43. The van der Waals surface area contributed by atoms with E-state index in [2.05, 4.69) is 11.4 Å². The van der Waals surface area contributed by atoms with Crippen LogP contribution in [-0.2, 0) is 19.4 Å². The zero-order valence-corrected chi connectivity index (χ0v) is 16.6. The maximum Gasteiger partial charge on any atom is 0.339 e. The van der Waals surface area contributed by atoms with Gasteiger partial charge in [0, 0.05) is 11.6 Å². The second-order valence-corrected chi connectivity index (χ2v) is 9.09. The van der Waals surface area contributed by atoms with E-state index in [4.69, 9.17) is 4.74 Å². The van der Waals surface area contributed by atoms with Crippen LogP contribution in [0.15, 0.2) is 48.5 Å². The number of nitrogens with zero attached hydrogens (tertiary/aromatic N) is 1. The molecule has 1 saturated heterocycles. The first-order valence-electron chi connectivity index (χ1n) is 9.11. The molecule has 2 atom stereocenters. The molecule has 0 unspecified atom stereocenters. The van der Waals surface area contributed by atoms with Gasteiger partial charge in [-0.1, -0.05) is 36.4 Å². The average Bonchev–Trinajstić information content (AvgIpc) is 3.05.